The molecule has 0 unspecified atom stereocenters. The molecule has 0 radical (unpaired) electrons. The highest BCUT2D eigenvalue weighted by molar-refractivity contribution is 7.27. The zero-order valence-corrected chi connectivity index (χ0v) is 29.3. The number of rotatable bonds is 3. The largest absolute Gasteiger partial charge is 0.309 e. The van der Waals surface area contributed by atoms with E-state index < -0.39 is 0 Å². The monoisotopic (exact) mass is 691 g/mol. The number of pyridine rings is 1. The lowest BCUT2D eigenvalue weighted by atomic mass is 10.0. The van der Waals surface area contributed by atoms with Crippen molar-refractivity contribution in [1.82, 2.24) is 14.0 Å². The molecular formula is C49H29N3S. The standard InChI is InChI=1S/C49H29N3S/c1-3-11-36-32(9-1)24-28-44-46(36)50-49-48-41(40-27-23-33-10-2-4-12-37(33)47(40)53-48)29-45(52(44)49)34-19-17-30(18-20-34)31-21-25-35(26-22-31)51-42-15-7-5-13-38(42)39-14-6-8-16-43(39)51/h1-29H. The van der Waals surface area contributed by atoms with Crippen LogP contribution in [0.5, 0.6) is 0 Å². The Labute approximate surface area is 308 Å². The Morgan fingerprint density at radius 1 is 0.396 bits per heavy atom. The molecule has 12 aromatic rings. The van der Waals surface area contributed by atoms with E-state index in [1.54, 1.807) is 0 Å². The first kappa shape index (κ1) is 28.9. The molecule has 0 saturated heterocycles. The van der Waals surface area contributed by atoms with Crippen LogP contribution in [-0.2, 0) is 0 Å². The summed E-state index contributed by atoms with van der Waals surface area (Å²) in [5.41, 5.74) is 11.5. The number of para-hydroxylation sites is 2. The van der Waals surface area contributed by atoms with Crippen LogP contribution in [0, 0.1) is 0 Å². The molecule has 0 aliphatic heterocycles. The van der Waals surface area contributed by atoms with Crippen molar-refractivity contribution in [2.45, 2.75) is 0 Å². The van der Waals surface area contributed by atoms with Gasteiger partial charge in [0, 0.05) is 37.3 Å². The third-order valence-corrected chi connectivity index (χ3v) is 12.4. The average Bonchev–Trinajstić information content (AvgIpc) is 3.91. The van der Waals surface area contributed by atoms with E-state index in [1.807, 2.05) is 11.3 Å². The van der Waals surface area contributed by atoms with Gasteiger partial charge in [0.1, 0.15) is 0 Å². The maximum atomic E-state index is 5.44. The second-order valence-electron chi connectivity index (χ2n) is 14.0. The fraction of sp³-hybridized carbons (Fsp3) is 0. The zero-order valence-electron chi connectivity index (χ0n) is 28.5. The normalized spacial score (nSPS) is 12.2. The Morgan fingerprint density at radius 2 is 0.962 bits per heavy atom. The van der Waals surface area contributed by atoms with E-state index in [4.69, 9.17) is 4.98 Å². The van der Waals surface area contributed by atoms with Crippen LogP contribution in [0.15, 0.2) is 176 Å². The van der Waals surface area contributed by atoms with E-state index in [0.717, 1.165) is 33.6 Å². The number of imidazole rings is 1. The summed E-state index contributed by atoms with van der Waals surface area (Å²) in [5, 5.41) is 10.0. The molecule has 4 aromatic heterocycles. The van der Waals surface area contributed by atoms with E-state index in [0.29, 0.717) is 0 Å². The fourth-order valence-corrected chi connectivity index (χ4v) is 9.91. The predicted molar refractivity (Wildman–Crippen MR) is 226 cm³/mol. The first-order chi connectivity index (χ1) is 26.3. The van der Waals surface area contributed by atoms with Crippen LogP contribution < -0.4 is 0 Å². The van der Waals surface area contributed by atoms with Gasteiger partial charge in [-0.3, -0.25) is 4.40 Å². The number of benzene rings is 8. The van der Waals surface area contributed by atoms with Gasteiger partial charge in [0.2, 0.25) is 0 Å². The summed E-state index contributed by atoms with van der Waals surface area (Å²) in [4.78, 5) is 5.44. The van der Waals surface area contributed by atoms with Crippen LogP contribution in [0.1, 0.15) is 0 Å². The van der Waals surface area contributed by atoms with Gasteiger partial charge in [0.25, 0.3) is 0 Å². The Balaban J connectivity index is 1.03. The van der Waals surface area contributed by atoms with Crippen molar-refractivity contribution < 1.29 is 0 Å². The molecule has 0 atom stereocenters. The second-order valence-corrected chi connectivity index (χ2v) is 15.0. The number of aromatic nitrogens is 3. The molecule has 53 heavy (non-hydrogen) atoms. The van der Waals surface area contributed by atoms with Gasteiger partial charge in [-0.05, 0) is 69.2 Å². The topological polar surface area (TPSA) is 22.2 Å². The second kappa shape index (κ2) is 10.9. The van der Waals surface area contributed by atoms with Crippen LogP contribution in [-0.4, -0.2) is 14.0 Å². The van der Waals surface area contributed by atoms with Crippen molar-refractivity contribution in [3.05, 3.63) is 176 Å². The molecule has 0 bridgehead atoms. The van der Waals surface area contributed by atoms with Crippen LogP contribution in [0.25, 0.3) is 108 Å². The lowest BCUT2D eigenvalue weighted by molar-refractivity contribution is 1.18. The molecule has 3 nitrogen and oxygen atoms in total. The highest BCUT2D eigenvalue weighted by Crippen LogP contribution is 2.44. The SMILES string of the molecule is c1ccc2c(c1)ccc1c2nc2c3sc4c5ccccc5ccc4c3cc(-c3ccc(-c4ccc(-n5c6ccccc6c6ccccc65)cc4)cc3)n12. The minimum absolute atomic E-state index is 1.01. The highest BCUT2D eigenvalue weighted by Gasteiger charge is 2.20. The van der Waals surface area contributed by atoms with Gasteiger partial charge in [-0.25, -0.2) is 4.98 Å². The van der Waals surface area contributed by atoms with Gasteiger partial charge < -0.3 is 4.57 Å². The van der Waals surface area contributed by atoms with Crippen LogP contribution in [0.2, 0.25) is 0 Å². The number of hydrogen-bond acceptors (Lipinski definition) is 2. The molecule has 0 amide bonds. The van der Waals surface area contributed by atoms with E-state index in [2.05, 4.69) is 185 Å². The Kier molecular flexibility index (Phi) is 5.93. The molecule has 246 valence electrons. The lowest BCUT2D eigenvalue weighted by Gasteiger charge is -2.11. The summed E-state index contributed by atoms with van der Waals surface area (Å²) in [6, 6.07) is 64.1. The Bertz CT molecular complexity index is 3380. The number of fused-ring (bicyclic) bond motifs is 14. The molecule has 0 aliphatic rings. The van der Waals surface area contributed by atoms with Crippen molar-refractivity contribution in [3.8, 4) is 28.1 Å². The average molecular weight is 692 g/mol. The fourth-order valence-electron chi connectivity index (χ4n) is 8.61. The maximum Gasteiger partial charge on any atom is 0.156 e. The molecule has 8 aromatic carbocycles. The molecule has 0 spiro atoms. The quantitative estimate of drug-likeness (QED) is 0.181. The van der Waals surface area contributed by atoms with E-state index >= 15 is 0 Å². The van der Waals surface area contributed by atoms with Gasteiger partial charge in [-0.15, -0.1) is 11.3 Å². The van der Waals surface area contributed by atoms with Gasteiger partial charge in [-0.2, -0.15) is 0 Å². The molecule has 4 heterocycles. The van der Waals surface area contributed by atoms with Crippen molar-refractivity contribution in [3.63, 3.8) is 0 Å². The summed E-state index contributed by atoms with van der Waals surface area (Å²) >= 11 is 1.86. The van der Waals surface area contributed by atoms with Crippen molar-refractivity contribution >= 4 is 91.5 Å². The van der Waals surface area contributed by atoms with Crippen molar-refractivity contribution in [2.24, 2.45) is 0 Å². The minimum Gasteiger partial charge on any atom is -0.309 e. The Morgan fingerprint density at radius 3 is 1.68 bits per heavy atom. The summed E-state index contributed by atoms with van der Waals surface area (Å²) in [6.07, 6.45) is 0. The number of thiophene rings is 1. The van der Waals surface area contributed by atoms with E-state index in [-0.39, 0.29) is 0 Å². The summed E-state index contributed by atoms with van der Waals surface area (Å²) < 4.78 is 7.29. The predicted octanol–water partition coefficient (Wildman–Crippen LogP) is 13.6. The van der Waals surface area contributed by atoms with Crippen LogP contribution in [0.3, 0.4) is 0 Å². The minimum atomic E-state index is 1.01. The van der Waals surface area contributed by atoms with Crippen LogP contribution >= 0.6 is 11.3 Å². The summed E-state index contributed by atoms with van der Waals surface area (Å²) in [6.45, 7) is 0. The van der Waals surface area contributed by atoms with E-state index in [1.165, 1.54) is 74.6 Å². The zero-order chi connectivity index (χ0) is 34.6. The van der Waals surface area contributed by atoms with Crippen molar-refractivity contribution in [1.29, 1.82) is 0 Å². The number of hydrogen-bond donors (Lipinski definition) is 0. The number of nitrogens with zero attached hydrogens (tertiary/aromatic N) is 3. The van der Waals surface area contributed by atoms with Crippen molar-refractivity contribution in [2.75, 3.05) is 0 Å². The maximum absolute atomic E-state index is 5.44. The van der Waals surface area contributed by atoms with E-state index in [9.17, 15) is 0 Å². The smallest absolute Gasteiger partial charge is 0.156 e. The summed E-state index contributed by atoms with van der Waals surface area (Å²) in [7, 11) is 0. The first-order valence-corrected chi connectivity index (χ1v) is 18.9. The lowest BCUT2D eigenvalue weighted by Crippen LogP contribution is -1.94. The Hall–Kier alpha value is -6.75. The molecule has 4 heteroatoms. The van der Waals surface area contributed by atoms with Gasteiger partial charge in [-0.1, -0.05) is 140 Å². The molecule has 0 N–H and O–H groups in total. The van der Waals surface area contributed by atoms with Gasteiger partial charge in [0.15, 0.2) is 5.65 Å². The molecular weight excluding hydrogens is 663 g/mol. The first-order valence-electron chi connectivity index (χ1n) is 18.0. The van der Waals surface area contributed by atoms with Crippen LogP contribution in [0.4, 0.5) is 0 Å². The third-order valence-electron chi connectivity index (χ3n) is 11.1. The molecule has 0 fully saturated rings. The summed E-state index contributed by atoms with van der Waals surface area (Å²) in [5.74, 6) is 0. The third kappa shape index (κ3) is 4.12. The highest BCUT2D eigenvalue weighted by atomic mass is 32.1. The molecule has 0 saturated carbocycles. The molecule has 0 aliphatic carbocycles. The molecule has 12 rings (SSSR count). The van der Waals surface area contributed by atoms with Gasteiger partial charge >= 0.3 is 0 Å². The van der Waals surface area contributed by atoms with Gasteiger partial charge in [0.05, 0.1) is 32.5 Å².